The average molecular weight is 296 g/mol. The predicted octanol–water partition coefficient (Wildman–Crippen LogP) is -0.356. The topological polar surface area (TPSA) is 78.7 Å². The van der Waals surface area contributed by atoms with Crippen LogP contribution in [0.15, 0.2) is 0 Å². The van der Waals surface area contributed by atoms with E-state index in [9.17, 15) is 9.59 Å². The van der Waals surface area contributed by atoms with Gasteiger partial charge in [-0.2, -0.15) is 0 Å². The highest BCUT2D eigenvalue weighted by Crippen LogP contribution is 1.95. The van der Waals surface area contributed by atoms with Gasteiger partial charge in [-0.1, -0.05) is 12.8 Å². The first-order chi connectivity index (χ1) is 9.68. The minimum absolute atomic E-state index is 0.00776. The molecule has 0 radical (unpaired) electrons. The number of rotatable bonds is 7. The van der Waals surface area contributed by atoms with Crippen LogP contribution in [0.4, 0.5) is 0 Å². The Hall–Kier alpha value is -1.58. The maximum absolute atomic E-state index is 11.9. The molecule has 6 nitrogen and oxygen atoms in total. The first-order valence-electron chi connectivity index (χ1n) is 7.13. The van der Waals surface area contributed by atoms with Crippen LogP contribution in [0, 0.1) is 11.8 Å². The van der Waals surface area contributed by atoms with Gasteiger partial charge in [0.05, 0.1) is 18.6 Å². The van der Waals surface area contributed by atoms with E-state index < -0.39 is 5.54 Å². The molecule has 0 aromatic heterocycles. The SMILES string of the molecule is CCC#CCN(C)C(=O)CN(C)CCNC(=O)C(C)(C)N. The lowest BCUT2D eigenvalue weighted by Gasteiger charge is -2.22. The Balaban J connectivity index is 4.01. The van der Waals surface area contributed by atoms with Crippen molar-refractivity contribution in [1.29, 1.82) is 0 Å². The Morgan fingerprint density at radius 2 is 1.86 bits per heavy atom. The summed E-state index contributed by atoms with van der Waals surface area (Å²) in [5.74, 6) is 5.67. The van der Waals surface area contributed by atoms with E-state index >= 15 is 0 Å². The highest BCUT2D eigenvalue weighted by molar-refractivity contribution is 5.85. The first-order valence-corrected chi connectivity index (χ1v) is 7.13. The van der Waals surface area contributed by atoms with Crippen LogP contribution < -0.4 is 11.1 Å². The Kier molecular flexibility index (Phi) is 8.67. The fourth-order valence-corrected chi connectivity index (χ4v) is 1.41. The molecule has 0 heterocycles. The van der Waals surface area contributed by atoms with Gasteiger partial charge in [0.1, 0.15) is 0 Å². The Morgan fingerprint density at radius 3 is 2.38 bits per heavy atom. The van der Waals surface area contributed by atoms with Crippen molar-refractivity contribution >= 4 is 11.8 Å². The number of carbonyl (C=O) groups excluding carboxylic acids is 2. The molecule has 0 spiro atoms. The molecular formula is C15H28N4O2. The molecule has 0 aliphatic carbocycles. The molecule has 0 rings (SSSR count). The molecule has 6 heteroatoms. The number of carbonyl (C=O) groups is 2. The number of amides is 2. The van der Waals surface area contributed by atoms with Crippen LogP contribution in [0.5, 0.6) is 0 Å². The monoisotopic (exact) mass is 296 g/mol. The van der Waals surface area contributed by atoms with Crippen molar-refractivity contribution in [3.05, 3.63) is 0 Å². The van der Waals surface area contributed by atoms with Gasteiger partial charge in [-0.05, 0) is 20.9 Å². The third-order valence-corrected chi connectivity index (χ3v) is 2.81. The molecule has 0 aliphatic rings. The molecule has 0 atom stereocenters. The zero-order chi connectivity index (χ0) is 16.5. The second-order valence-corrected chi connectivity index (χ2v) is 5.67. The van der Waals surface area contributed by atoms with Gasteiger partial charge in [0.25, 0.3) is 0 Å². The third-order valence-electron chi connectivity index (χ3n) is 2.81. The summed E-state index contributed by atoms with van der Waals surface area (Å²) in [6.07, 6.45) is 0.791. The number of hydrogen-bond acceptors (Lipinski definition) is 4. The quantitative estimate of drug-likeness (QED) is 0.629. The molecule has 0 bridgehead atoms. The summed E-state index contributed by atoms with van der Waals surface area (Å²) >= 11 is 0. The molecule has 0 saturated carbocycles. The van der Waals surface area contributed by atoms with Crippen LogP contribution in [0.1, 0.15) is 27.2 Å². The fraction of sp³-hybridized carbons (Fsp3) is 0.733. The van der Waals surface area contributed by atoms with E-state index in [1.54, 1.807) is 25.8 Å². The van der Waals surface area contributed by atoms with Crippen LogP contribution in [-0.2, 0) is 9.59 Å². The lowest BCUT2D eigenvalue weighted by Crippen LogP contribution is -2.50. The summed E-state index contributed by atoms with van der Waals surface area (Å²) in [6, 6.07) is 0. The van der Waals surface area contributed by atoms with Crippen molar-refractivity contribution < 1.29 is 9.59 Å². The van der Waals surface area contributed by atoms with Crippen molar-refractivity contribution in [1.82, 2.24) is 15.1 Å². The van der Waals surface area contributed by atoms with Gasteiger partial charge in [-0.3, -0.25) is 14.5 Å². The third kappa shape index (κ3) is 9.05. The van der Waals surface area contributed by atoms with Crippen molar-refractivity contribution in [2.24, 2.45) is 5.73 Å². The summed E-state index contributed by atoms with van der Waals surface area (Å²) < 4.78 is 0. The number of nitrogens with one attached hydrogen (secondary N) is 1. The summed E-state index contributed by atoms with van der Waals surface area (Å²) in [5, 5.41) is 2.75. The molecule has 0 fully saturated rings. The zero-order valence-electron chi connectivity index (χ0n) is 13.8. The van der Waals surface area contributed by atoms with Crippen LogP contribution in [-0.4, -0.2) is 67.4 Å². The average Bonchev–Trinajstić information content (AvgIpc) is 2.37. The fourth-order valence-electron chi connectivity index (χ4n) is 1.41. The minimum Gasteiger partial charge on any atom is -0.353 e. The van der Waals surface area contributed by atoms with Gasteiger partial charge in [0.2, 0.25) is 11.8 Å². The standard InChI is InChI=1S/C15H28N4O2/c1-6-7-8-10-19(5)13(20)12-18(4)11-9-17-14(21)15(2,3)16/h6,9-12,16H2,1-5H3,(H,17,21). The number of nitrogens with two attached hydrogens (primary N) is 1. The Morgan fingerprint density at radius 1 is 1.24 bits per heavy atom. The Bertz CT molecular complexity index is 404. The summed E-state index contributed by atoms with van der Waals surface area (Å²) in [5.41, 5.74) is 4.79. The van der Waals surface area contributed by atoms with Crippen LogP contribution in [0.3, 0.4) is 0 Å². The number of likely N-dealkylation sites (N-methyl/N-ethyl adjacent to an activating group) is 2. The first kappa shape index (κ1) is 19.4. The summed E-state index contributed by atoms with van der Waals surface area (Å²) in [7, 11) is 3.57. The maximum Gasteiger partial charge on any atom is 0.239 e. The molecule has 0 aromatic carbocycles. The van der Waals surface area contributed by atoms with Crippen LogP contribution in [0.2, 0.25) is 0 Å². The lowest BCUT2D eigenvalue weighted by atomic mass is 10.1. The van der Waals surface area contributed by atoms with E-state index in [1.165, 1.54) is 0 Å². The van der Waals surface area contributed by atoms with Crippen molar-refractivity contribution in [2.45, 2.75) is 32.7 Å². The molecule has 2 amide bonds. The van der Waals surface area contributed by atoms with Crippen molar-refractivity contribution in [2.75, 3.05) is 40.3 Å². The van der Waals surface area contributed by atoms with E-state index in [2.05, 4.69) is 17.2 Å². The van der Waals surface area contributed by atoms with E-state index in [1.807, 2.05) is 18.9 Å². The van der Waals surface area contributed by atoms with Crippen LogP contribution >= 0.6 is 0 Å². The summed E-state index contributed by atoms with van der Waals surface area (Å²) in [6.45, 7) is 7.07. The van der Waals surface area contributed by atoms with Gasteiger partial charge in [-0.15, -0.1) is 5.92 Å². The highest BCUT2D eigenvalue weighted by Gasteiger charge is 2.21. The molecule has 0 unspecified atom stereocenters. The van der Waals surface area contributed by atoms with Crippen molar-refractivity contribution in [3.63, 3.8) is 0 Å². The van der Waals surface area contributed by atoms with Gasteiger partial charge >= 0.3 is 0 Å². The number of nitrogens with zero attached hydrogens (tertiary/aromatic N) is 2. The van der Waals surface area contributed by atoms with E-state index in [0.29, 0.717) is 26.2 Å². The molecule has 21 heavy (non-hydrogen) atoms. The van der Waals surface area contributed by atoms with Crippen molar-refractivity contribution in [3.8, 4) is 11.8 Å². The van der Waals surface area contributed by atoms with Crippen LogP contribution in [0.25, 0.3) is 0 Å². The smallest absolute Gasteiger partial charge is 0.239 e. The Labute approximate surface area is 128 Å². The van der Waals surface area contributed by atoms with Gasteiger partial charge in [0.15, 0.2) is 0 Å². The predicted molar refractivity (Wildman–Crippen MR) is 84.5 cm³/mol. The van der Waals surface area contributed by atoms with E-state index in [-0.39, 0.29) is 11.8 Å². The van der Waals surface area contributed by atoms with E-state index in [0.717, 1.165) is 6.42 Å². The second kappa shape index (κ2) is 9.37. The zero-order valence-corrected chi connectivity index (χ0v) is 13.8. The van der Waals surface area contributed by atoms with Gasteiger partial charge < -0.3 is 16.0 Å². The molecule has 120 valence electrons. The molecule has 3 N–H and O–H groups in total. The largest absolute Gasteiger partial charge is 0.353 e. The molecular weight excluding hydrogens is 268 g/mol. The molecule has 0 aromatic rings. The second-order valence-electron chi connectivity index (χ2n) is 5.67. The van der Waals surface area contributed by atoms with Gasteiger partial charge in [-0.25, -0.2) is 0 Å². The summed E-state index contributed by atoms with van der Waals surface area (Å²) in [4.78, 5) is 26.9. The van der Waals surface area contributed by atoms with E-state index in [4.69, 9.17) is 5.73 Å². The minimum atomic E-state index is -0.882. The highest BCUT2D eigenvalue weighted by atomic mass is 16.2. The molecule has 0 saturated heterocycles. The van der Waals surface area contributed by atoms with Gasteiger partial charge in [0, 0.05) is 26.6 Å². The maximum atomic E-state index is 11.9. The normalized spacial score (nSPS) is 10.8. The lowest BCUT2D eigenvalue weighted by molar-refractivity contribution is -0.130. The number of hydrogen-bond donors (Lipinski definition) is 2. The molecule has 0 aliphatic heterocycles.